The van der Waals surface area contributed by atoms with E-state index in [1.807, 2.05) is 6.07 Å². The molecule has 0 saturated carbocycles. The Morgan fingerprint density at radius 1 is 1.33 bits per heavy atom. The van der Waals surface area contributed by atoms with E-state index in [-0.39, 0.29) is 40.9 Å². The predicted molar refractivity (Wildman–Crippen MR) is 118 cm³/mol. The van der Waals surface area contributed by atoms with Gasteiger partial charge in [0.2, 0.25) is 5.95 Å². The number of alkyl halides is 2. The minimum atomic E-state index is -2.65. The van der Waals surface area contributed by atoms with Crippen molar-refractivity contribution in [1.82, 2.24) is 15.3 Å². The van der Waals surface area contributed by atoms with Gasteiger partial charge in [0, 0.05) is 6.42 Å². The average molecular weight is 474 g/mol. The molecule has 172 valence electrons. The molecule has 0 bridgehead atoms. The van der Waals surface area contributed by atoms with Crippen LogP contribution in [-0.2, 0) is 17.8 Å². The lowest BCUT2D eigenvalue weighted by Crippen LogP contribution is -2.49. The lowest BCUT2D eigenvalue weighted by molar-refractivity contribution is -0.124. The predicted octanol–water partition coefficient (Wildman–Crippen LogP) is 3.45. The molecule has 4 N–H and O–H groups in total. The highest BCUT2D eigenvalue weighted by atomic mass is 32.1. The van der Waals surface area contributed by atoms with Gasteiger partial charge in [-0.05, 0) is 48.7 Å². The number of aromatic amines is 1. The van der Waals surface area contributed by atoms with Crippen molar-refractivity contribution in [3.05, 3.63) is 45.1 Å². The van der Waals surface area contributed by atoms with Gasteiger partial charge in [0.25, 0.3) is 12.3 Å². The first-order valence-electron chi connectivity index (χ1n) is 10.3. The number of anilines is 1. The Morgan fingerprint density at radius 3 is 2.79 bits per heavy atom. The first-order valence-corrected chi connectivity index (χ1v) is 11.1. The summed E-state index contributed by atoms with van der Waals surface area (Å²) in [5, 5.41) is 24.8. The normalized spacial score (nSPS) is 18.0. The second-order valence-corrected chi connectivity index (χ2v) is 8.96. The number of ketones is 1. The number of carbonyl (C=O) groups is 2. The second kappa shape index (κ2) is 9.35. The van der Waals surface area contributed by atoms with Crippen molar-refractivity contribution in [2.45, 2.75) is 44.3 Å². The smallest absolute Gasteiger partial charge is 0.272 e. The van der Waals surface area contributed by atoms with Gasteiger partial charge in [0.05, 0.1) is 45.4 Å². The van der Waals surface area contributed by atoms with Gasteiger partial charge in [-0.2, -0.15) is 5.26 Å². The molecular formula is C22H21F2N5O3S. The van der Waals surface area contributed by atoms with Crippen molar-refractivity contribution < 1.29 is 23.5 Å². The van der Waals surface area contributed by atoms with Crippen LogP contribution in [-0.4, -0.2) is 38.8 Å². The van der Waals surface area contributed by atoms with Gasteiger partial charge in [-0.3, -0.25) is 14.9 Å². The Hall–Kier alpha value is -3.20. The van der Waals surface area contributed by atoms with Crippen molar-refractivity contribution in [2.24, 2.45) is 0 Å². The summed E-state index contributed by atoms with van der Waals surface area (Å²) in [6.45, 7) is 0.374. The highest BCUT2D eigenvalue weighted by Crippen LogP contribution is 2.32. The number of carbonyl (C=O) groups excluding carboxylic acids is 2. The van der Waals surface area contributed by atoms with E-state index in [9.17, 15) is 23.5 Å². The first kappa shape index (κ1) is 23.0. The third-order valence-corrected chi connectivity index (χ3v) is 6.91. The Morgan fingerprint density at radius 2 is 2.15 bits per heavy atom. The van der Waals surface area contributed by atoms with Crippen LogP contribution in [0.25, 0.3) is 11.0 Å². The molecule has 0 unspecified atom stereocenters. The van der Waals surface area contributed by atoms with Crippen LogP contribution in [0.5, 0.6) is 0 Å². The van der Waals surface area contributed by atoms with Crippen LogP contribution in [0.1, 0.15) is 51.4 Å². The quantitative estimate of drug-likeness (QED) is 0.396. The van der Waals surface area contributed by atoms with Crippen LogP contribution >= 0.6 is 11.3 Å². The van der Waals surface area contributed by atoms with Gasteiger partial charge in [-0.15, -0.1) is 11.3 Å². The molecule has 1 saturated heterocycles. The number of rotatable bonds is 8. The Bertz CT molecular complexity index is 1240. The lowest BCUT2D eigenvalue weighted by atomic mass is 9.82. The van der Waals surface area contributed by atoms with Gasteiger partial charge in [-0.25, -0.2) is 13.8 Å². The van der Waals surface area contributed by atoms with Crippen LogP contribution < -0.4 is 10.6 Å². The number of Topliss-reactive ketones (excluding diaryl/α,β-unsaturated/α-hetero) is 1. The zero-order chi connectivity index (χ0) is 23.6. The van der Waals surface area contributed by atoms with Crippen molar-refractivity contribution >= 4 is 40.0 Å². The molecule has 33 heavy (non-hydrogen) atoms. The molecular weight excluding hydrogens is 452 g/mol. The number of halogens is 2. The fourth-order valence-corrected chi connectivity index (χ4v) is 4.94. The lowest BCUT2D eigenvalue weighted by Gasteiger charge is -2.28. The maximum atomic E-state index is 12.8. The highest BCUT2D eigenvalue weighted by molar-refractivity contribution is 7.14. The van der Waals surface area contributed by atoms with E-state index in [1.165, 1.54) is 12.1 Å². The van der Waals surface area contributed by atoms with E-state index in [1.54, 1.807) is 12.1 Å². The Labute approximate surface area is 191 Å². The third-order valence-electron chi connectivity index (χ3n) is 5.82. The summed E-state index contributed by atoms with van der Waals surface area (Å²) in [7, 11) is 0. The summed E-state index contributed by atoms with van der Waals surface area (Å²) in [5.74, 6) is -0.664. The number of aromatic nitrogens is 2. The standard InChI is InChI=1S/C22H21F2N5O3S/c23-19(24)15-4-5-16(33-15)20(32)29-21-27-14-3-2-12(11-30)13(18(14)28-21)10-22(7-1-9-26-22)17(31)6-8-25/h2-5,19,26,30H,1,6-7,9-11H2,(H2,27,28,29,32)/t22-/m1/s1. The largest absolute Gasteiger partial charge is 0.392 e. The molecule has 1 aromatic carbocycles. The number of H-pyrrole nitrogens is 1. The molecule has 0 spiro atoms. The van der Waals surface area contributed by atoms with E-state index >= 15 is 0 Å². The monoisotopic (exact) mass is 473 g/mol. The third kappa shape index (κ3) is 4.50. The number of aliphatic hydroxyl groups excluding tert-OH is 1. The number of fused-ring (bicyclic) bond motifs is 1. The number of amides is 1. The van der Waals surface area contributed by atoms with Crippen LogP contribution in [0, 0.1) is 11.3 Å². The van der Waals surface area contributed by atoms with E-state index in [0.29, 0.717) is 46.5 Å². The maximum Gasteiger partial charge on any atom is 0.272 e. The zero-order valence-electron chi connectivity index (χ0n) is 17.5. The number of nitriles is 1. The van der Waals surface area contributed by atoms with Gasteiger partial charge in [0.15, 0.2) is 5.78 Å². The number of nitrogens with one attached hydrogen (secondary N) is 3. The zero-order valence-corrected chi connectivity index (χ0v) is 18.3. The van der Waals surface area contributed by atoms with Crippen LogP contribution in [0.15, 0.2) is 24.3 Å². The molecule has 8 nitrogen and oxygen atoms in total. The number of aliphatic hydroxyl groups is 1. The minimum absolute atomic E-state index is 0.120. The van der Waals surface area contributed by atoms with E-state index in [0.717, 1.165) is 6.42 Å². The molecule has 3 aromatic rings. The number of thiophene rings is 1. The molecule has 2 aromatic heterocycles. The number of benzene rings is 1. The van der Waals surface area contributed by atoms with Crippen molar-refractivity contribution in [3.8, 4) is 6.07 Å². The van der Waals surface area contributed by atoms with Gasteiger partial charge in [-0.1, -0.05) is 6.07 Å². The van der Waals surface area contributed by atoms with Crippen LogP contribution in [0.4, 0.5) is 14.7 Å². The molecule has 1 fully saturated rings. The molecule has 0 aliphatic carbocycles. The van der Waals surface area contributed by atoms with E-state index < -0.39 is 17.9 Å². The number of hydrogen-bond acceptors (Lipinski definition) is 7. The SMILES string of the molecule is N#CCC(=O)[C@]1(Cc2c(CO)ccc3[nH]c(NC(=O)c4ccc(C(F)F)s4)nc23)CCCN1. The summed E-state index contributed by atoms with van der Waals surface area (Å²) < 4.78 is 25.6. The molecule has 11 heteroatoms. The van der Waals surface area contributed by atoms with E-state index in [2.05, 4.69) is 20.6 Å². The summed E-state index contributed by atoms with van der Waals surface area (Å²) in [5.41, 5.74) is 1.37. The minimum Gasteiger partial charge on any atom is -0.392 e. The number of imidazole rings is 1. The Kier molecular flexibility index (Phi) is 6.51. The highest BCUT2D eigenvalue weighted by Gasteiger charge is 2.41. The summed E-state index contributed by atoms with van der Waals surface area (Å²) in [6, 6.07) is 7.88. The summed E-state index contributed by atoms with van der Waals surface area (Å²) in [4.78, 5) is 32.6. The second-order valence-electron chi connectivity index (χ2n) is 7.85. The molecule has 1 atom stereocenters. The molecule has 0 radical (unpaired) electrons. The summed E-state index contributed by atoms with van der Waals surface area (Å²) in [6.07, 6.45) is -1.29. The first-order chi connectivity index (χ1) is 15.9. The van der Waals surface area contributed by atoms with E-state index in [4.69, 9.17) is 5.26 Å². The maximum absolute atomic E-state index is 12.8. The van der Waals surface area contributed by atoms with Gasteiger partial charge >= 0.3 is 0 Å². The van der Waals surface area contributed by atoms with Crippen molar-refractivity contribution in [2.75, 3.05) is 11.9 Å². The van der Waals surface area contributed by atoms with Crippen molar-refractivity contribution in [1.29, 1.82) is 5.26 Å². The molecule has 1 aliphatic rings. The summed E-state index contributed by atoms with van der Waals surface area (Å²) >= 11 is 0.704. The number of nitrogens with zero attached hydrogens (tertiary/aromatic N) is 2. The van der Waals surface area contributed by atoms with Crippen LogP contribution in [0.3, 0.4) is 0 Å². The van der Waals surface area contributed by atoms with Crippen molar-refractivity contribution in [3.63, 3.8) is 0 Å². The number of hydrogen-bond donors (Lipinski definition) is 4. The fraction of sp³-hybridized carbons (Fsp3) is 0.364. The van der Waals surface area contributed by atoms with Crippen LogP contribution in [0.2, 0.25) is 0 Å². The molecule has 3 heterocycles. The fourth-order valence-electron chi connectivity index (χ4n) is 4.18. The average Bonchev–Trinajstić information content (AvgIpc) is 3.54. The Balaban J connectivity index is 1.66. The topological polar surface area (TPSA) is 131 Å². The molecule has 1 amide bonds. The molecule has 1 aliphatic heterocycles. The molecule has 4 rings (SSSR count). The van der Waals surface area contributed by atoms with Gasteiger partial charge < -0.3 is 15.4 Å². The van der Waals surface area contributed by atoms with Gasteiger partial charge in [0.1, 0.15) is 0 Å².